The highest BCUT2D eigenvalue weighted by atomic mass is 16.4. The molecule has 1 heterocycles. The number of carbonyl (C=O) groups is 1. The van der Waals surface area contributed by atoms with E-state index in [4.69, 9.17) is 0 Å². The molecule has 0 aliphatic carbocycles. The smallest absolute Gasteiger partial charge is 0.358 e. The first-order chi connectivity index (χ1) is 9.44. The van der Waals surface area contributed by atoms with Crippen LogP contribution in [0.5, 0.6) is 0 Å². The number of aliphatic hydroxyl groups is 1. The second-order valence-corrected chi connectivity index (χ2v) is 4.95. The molecule has 1 aromatic heterocycles. The molecule has 1 unspecified atom stereocenters. The van der Waals surface area contributed by atoms with Crippen molar-refractivity contribution < 1.29 is 15.0 Å². The average Bonchev–Trinajstić information content (AvgIpc) is 2.44. The zero-order chi connectivity index (χ0) is 14.8. The first-order valence-corrected chi connectivity index (χ1v) is 6.39. The molecule has 2 rings (SSSR count). The van der Waals surface area contributed by atoms with Crippen LogP contribution in [0.3, 0.4) is 0 Å². The highest BCUT2D eigenvalue weighted by molar-refractivity contribution is 6.02. The van der Waals surface area contributed by atoms with Crippen LogP contribution in [0.2, 0.25) is 0 Å². The van der Waals surface area contributed by atoms with Gasteiger partial charge >= 0.3 is 5.97 Å². The molecule has 1 atom stereocenters. The molecule has 0 radical (unpaired) electrons. The second-order valence-electron chi connectivity index (χ2n) is 4.95. The summed E-state index contributed by atoms with van der Waals surface area (Å²) >= 11 is 0. The van der Waals surface area contributed by atoms with Crippen LogP contribution in [0.15, 0.2) is 24.3 Å². The average molecular weight is 275 g/mol. The van der Waals surface area contributed by atoms with Crippen LogP contribution >= 0.6 is 0 Å². The molecule has 0 saturated heterocycles. The van der Waals surface area contributed by atoms with Crippen LogP contribution in [0.25, 0.3) is 10.9 Å². The van der Waals surface area contributed by atoms with Crippen LogP contribution in [0.4, 0.5) is 5.69 Å². The van der Waals surface area contributed by atoms with E-state index >= 15 is 0 Å². The van der Waals surface area contributed by atoms with Gasteiger partial charge in [0, 0.05) is 11.9 Å². The molecule has 1 aromatic carbocycles. The molecule has 0 aliphatic rings. The van der Waals surface area contributed by atoms with Crippen molar-refractivity contribution in [3.8, 4) is 0 Å². The quantitative estimate of drug-likeness (QED) is 0.771. The molecule has 6 nitrogen and oxygen atoms in total. The molecule has 3 N–H and O–H groups in total. The van der Waals surface area contributed by atoms with Crippen molar-refractivity contribution in [2.45, 2.75) is 25.9 Å². The zero-order valence-electron chi connectivity index (χ0n) is 11.4. The Hall–Kier alpha value is -2.21. The number of aromatic nitrogens is 2. The van der Waals surface area contributed by atoms with E-state index in [-0.39, 0.29) is 12.2 Å². The van der Waals surface area contributed by atoms with E-state index in [2.05, 4.69) is 15.5 Å². The van der Waals surface area contributed by atoms with Crippen LogP contribution in [-0.2, 0) is 0 Å². The van der Waals surface area contributed by atoms with Gasteiger partial charge in [-0.25, -0.2) is 4.79 Å². The molecular weight excluding hydrogens is 258 g/mol. The van der Waals surface area contributed by atoms with Crippen LogP contribution in [-0.4, -0.2) is 38.5 Å². The molecule has 0 amide bonds. The fourth-order valence-corrected chi connectivity index (χ4v) is 1.79. The third kappa shape index (κ3) is 2.85. The lowest BCUT2D eigenvalue weighted by atomic mass is 10.0. The molecule has 0 saturated carbocycles. The Bertz CT molecular complexity index is 641. The number of aromatic carboxylic acids is 1. The third-order valence-electron chi connectivity index (χ3n) is 3.28. The van der Waals surface area contributed by atoms with Crippen molar-refractivity contribution in [3.63, 3.8) is 0 Å². The molecule has 0 fully saturated rings. The van der Waals surface area contributed by atoms with Gasteiger partial charge in [-0.2, -0.15) is 0 Å². The van der Waals surface area contributed by atoms with Crippen LogP contribution in [0.1, 0.15) is 30.8 Å². The van der Waals surface area contributed by atoms with Gasteiger partial charge in [0.2, 0.25) is 0 Å². The summed E-state index contributed by atoms with van der Waals surface area (Å²) in [4.78, 5) is 11.3. The molecule has 0 aliphatic heterocycles. The van der Waals surface area contributed by atoms with Gasteiger partial charge in [0.1, 0.15) is 0 Å². The summed E-state index contributed by atoms with van der Waals surface area (Å²) in [6.45, 7) is 3.79. The minimum atomic E-state index is -1.15. The number of carboxylic acids is 1. The number of anilines is 1. The summed E-state index contributed by atoms with van der Waals surface area (Å²) in [6.07, 6.45) is 0.554. The highest BCUT2D eigenvalue weighted by Crippen LogP contribution is 2.25. The van der Waals surface area contributed by atoms with Crippen molar-refractivity contribution in [3.05, 3.63) is 30.0 Å². The van der Waals surface area contributed by atoms with E-state index in [1.165, 1.54) is 0 Å². The molecule has 0 spiro atoms. The van der Waals surface area contributed by atoms with Crippen molar-refractivity contribution in [1.82, 2.24) is 10.2 Å². The van der Waals surface area contributed by atoms with E-state index in [0.717, 1.165) is 0 Å². The second kappa shape index (κ2) is 5.42. The Morgan fingerprint density at radius 3 is 2.70 bits per heavy atom. The summed E-state index contributed by atoms with van der Waals surface area (Å²) in [6, 6.07) is 7.15. The third-order valence-corrected chi connectivity index (χ3v) is 3.28. The van der Waals surface area contributed by atoms with Gasteiger partial charge in [0.15, 0.2) is 5.69 Å². The fourth-order valence-electron chi connectivity index (χ4n) is 1.79. The lowest BCUT2D eigenvalue weighted by Gasteiger charge is -2.23. The number of rotatable bonds is 5. The maximum atomic E-state index is 11.3. The first-order valence-electron chi connectivity index (χ1n) is 6.39. The van der Waals surface area contributed by atoms with E-state index in [1.54, 1.807) is 25.1 Å². The maximum absolute atomic E-state index is 11.3. The Balaban J connectivity index is 2.47. The number of nitrogens with zero attached hydrogens (tertiary/aromatic N) is 2. The van der Waals surface area contributed by atoms with Gasteiger partial charge in [-0.1, -0.05) is 25.1 Å². The monoisotopic (exact) mass is 275 g/mol. The first kappa shape index (κ1) is 14.2. The van der Waals surface area contributed by atoms with Gasteiger partial charge in [0.25, 0.3) is 0 Å². The summed E-state index contributed by atoms with van der Waals surface area (Å²) < 4.78 is 0. The SMILES string of the molecule is CCC(C)(O)CNc1c(C(=O)O)nnc2ccccc12. The van der Waals surface area contributed by atoms with Crippen molar-refractivity contribution in [2.24, 2.45) is 0 Å². The molecule has 106 valence electrons. The predicted molar refractivity (Wildman–Crippen MR) is 75.9 cm³/mol. The zero-order valence-corrected chi connectivity index (χ0v) is 11.4. The van der Waals surface area contributed by atoms with Gasteiger partial charge in [-0.05, 0) is 19.4 Å². The lowest BCUT2D eigenvalue weighted by molar-refractivity contribution is 0.0673. The standard InChI is InChI=1S/C14H17N3O3/c1-3-14(2,20)8-15-11-9-6-4-5-7-10(9)16-17-12(11)13(18)19/h4-7,20H,3,8H2,1-2H3,(H,15,16)(H,18,19). The minimum Gasteiger partial charge on any atom is -0.476 e. The van der Waals surface area contributed by atoms with Crippen molar-refractivity contribution >= 4 is 22.6 Å². The van der Waals surface area contributed by atoms with Crippen molar-refractivity contribution in [2.75, 3.05) is 11.9 Å². The highest BCUT2D eigenvalue weighted by Gasteiger charge is 2.21. The van der Waals surface area contributed by atoms with E-state index in [0.29, 0.717) is 23.0 Å². The molecule has 2 aromatic rings. The Labute approximate surface area is 116 Å². The molecule has 6 heteroatoms. The topological polar surface area (TPSA) is 95.3 Å². The van der Waals surface area contributed by atoms with Gasteiger partial charge in [-0.3, -0.25) is 0 Å². The van der Waals surface area contributed by atoms with Crippen LogP contribution in [0, 0.1) is 0 Å². The normalized spacial score (nSPS) is 13.9. The maximum Gasteiger partial charge on any atom is 0.358 e. The van der Waals surface area contributed by atoms with Gasteiger partial charge in [0.05, 0.1) is 16.8 Å². The van der Waals surface area contributed by atoms with Crippen molar-refractivity contribution in [1.29, 1.82) is 0 Å². The Morgan fingerprint density at radius 2 is 2.05 bits per heavy atom. The minimum absolute atomic E-state index is 0.143. The summed E-state index contributed by atoms with van der Waals surface area (Å²) in [5.41, 5.74) is -0.0660. The number of fused-ring (bicyclic) bond motifs is 1. The number of carboxylic acid groups (broad SMARTS) is 1. The van der Waals surface area contributed by atoms with Gasteiger partial charge < -0.3 is 15.5 Å². The Morgan fingerprint density at radius 1 is 1.35 bits per heavy atom. The number of hydrogen-bond donors (Lipinski definition) is 3. The summed E-state index contributed by atoms with van der Waals surface area (Å²) in [5, 5.41) is 30.5. The Kier molecular flexibility index (Phi) is 3.85. The van der Waals surface area contributed by atoms with E-state index in [1.807, 2.05) is 13.0 Å². The van der Waals surface area contributed by atoms with E-state index < -0.39 is 11.6 Å². The predicted octanol–water partition coefficient (Wildman–Crippen LogP) is 1.90. The fraction of sp³-hybridized carbons (Fsp3) is 0.357. The largest absolute Gasteiger partial charge is 0.476 e. The van der Waals surface area contributed by atoms with Crippen LogP contribution < -0.4 is 5.32 Å². The molecular formula is C14H17N3O3. The molecule has 20 heavy (non-hydrogen) atoms. The summed E-state index contributed by atoms with van der Waals surface area (Å²) in [5.74, 6) is -1.15. The summed E-state index contributed by atoms with van der Waals surface area (Å²) in [7, 11) is 0. The number of nitrogens with one attached hydrogen (secondary N) is 1. The lowest BCUT2D eigenvalue weighted by Crippen LogP contribution is -2.33. The number of hydrogen-bond acceptors (Lipinski definition) is 5. The number of benzene rings is 1. The van der Waals surface area contributed by atoms with E-state index in [9.17, 15) is 15.0 Å². The van der Waals surface area contributed by atoms with Gasteiger partial charge in [-0.15, -0.1) is 10.2 Å². The molecule has 0 bridgehead atoms.